The zero-order valence-electron chi connectivity index (χ0n) is 12.6. The molecule has 0 fully saturated rings. The molecule has 0 amide bonds. The second-order valence-corrected chi connectivity index (χ2v) is 4.74. The maximum absolute atomic E-state index is 12.1. The van der Waals surface area contributed by atoms with E-state index in [1.807, 2.05) is 18.2 Å². The number of carbonyl (C=O) groups excluding carboxylic acids is 1. The van der Waals surface area contributed by atoms with Crippen LogP contribution < -0.4 is 4.74 Å². The molecule has 0 saturated carbocycles. The molecule has 116 valence electrons. The number of nitrogens with zero attached hydrogens (tertiary/aromatic N) is 2. The lowest BCUT2D eigenvalue weighted by molar-refractivity contribution is 0.0512. The number of oxime groups is 1. The van der Waals surface area contributed by atoms with E-state index in [0.717, 1.165) is 0 Å². The van der Waals surface area contributed by atoms with Gasteiger partial charge < -0.3 is 14.0 Å². The summed E-state index contributed by atoms with van der Waals surface area (Å²) in [7, 11) is 1.49. The fourth-order valence-electron chi connectivity index (χ4n) is 2.04. The minimum Gasteiger partial charge on any atom is -0.496 e. The standard InChI is InChI=1S/C17H14N2O4/c1-11(16-18-13-8-4-6-10-15(13)22-16)19-23-17(20)12-7-3-5-9-14(12)21-2/h3-10H,1-2H3/b19-11+. The molecule has 0 bridgehead atoms. The van der Waals surface area contributed by atoms with E-state index in [2.05, 4.69) is 10.1 Å². The van der Waals surface area contributed by atoms with E-state index in [1.165, 1.54) is 7.11 Å². The van der Waals surface area contributed by atoms with Gasteiger partial charge in [0.25, 0.3) is 0 Å². The summed E-state index contributed by atoms with van der Waals surface area (Å²) in [6.45, 7) is 1.65. The van der Waals surface area contributed by atoms with Crippen LogP contribution in [0.3, 0.4) is 0 Å². The van der Waals surface area contributed by atoms with Crippen molar-refractivity contribution in [2.45, 2.75) is 6.92 Å². The lowest BCUT2D eigenvalue weighted by Crippen LogP contribution is -2.05. The molecule has 6 heteroatoms. The Morgan fingerprint density at radius 1 is 1.13 bits per heavy atom. The molecular weight excluding hydrogens is 296 g/mol. The number of rotatable bonds is 4. The van der Waals surface area contributed by atoms with Gasteiger partial charge in [0.15, 0.2) is 5.58 Å². The fourth-order valence-corrected chi connectivity index (χ4v) is 2.04. The Balaban J connectivity index is 1.80. The summed E-state index contributed by atoms with van der Waals surface area (Å²) in [5, 5.41) is 3.80. The predicted molar refractivity (Wildman–Crippen MR) is 84.6 cm³/mol. The van der Waals surface area contributed by atoms with Gasteiger partial charge in [-0.05, 0) is 31.2 Å². The molecule has 0 aliphatic rings. The van der Waals surface area contributed by atoms with Crippen LogP contribution in [0.5, 0.6) is 5.75 Å². The number of carbonyl (C=O) groups is 1. The number of hydrogen-bond donors (Lipinski definition) is 0. The van der Waals surface area contributed by atoms with Crippen LogP contribution in [0.4, 0.5) is 0 Å². The van der Waals surface area contributed by atoms with Crippen molar-refractivity contribution >= 4 is 22.8 Å². The molecule has 0 aliphatic carbocycles. The smallest absolute Gasteiger partial charge is 0.369 e. The van der Waals surface area contributed by atoms with Crippen molar-refractivity contribution in [3.05, 3.63) is 60.0 Å². The first-order chi connectivity index (χ1) is 11.2. The SMILES string of the molecule is COc1ccccc1C(=O)O/N=C(\C)c1nc2ccccc2o1. The molecule has 0 aliphatic heterocycles. The van der Waals surface area contributed by atoms with Gasteiger partial charge >= 0.3 is 5.97 Å². The summed E-state index contributed by atoms with van der Waals surface area (Å²) in [6.07, 6.45) is 0. The van der Waals surface area contributed by atoms with Gasteiger partial charge in [0.1, 0.15) is 22.5 Å². The molecule has 6 nitrogen and oxygen atoms in total. The summed E-state index contributed by atoms with van der Waals surface area (Å²) in [5.74, 6) is 0.115. The van der Waals surface area contributed by atoms with E-state index in [4.69, 9.17) is 14.0 Å². The summed E-state index contributed by atoms with van der Waals surface area (Å²) >= 11 is 0. The lowest BCUT2D eigenvalue weighted by atomic mass is 10.2. The highest BCUT2D eigenvalue weighted by Gasteiger charge is 2.14. The average Bonchev–Trinajstić information content (AvgIpc) is 3.03. The summed E-state index contributed by atoms with van der Waals surface area (Å²) in [6, 6.07) is 14.1. The van der Waals surface area contributed by atoms with E-state index in [-0.39, 0.29) is 0 Å². The van der Waals surface area contributed by atoms with Crippen LogP contribution in [0.25, 0.3) is 11.1 Å². The molecule has 0 atom stereocenters. The molecule has 3 aromatic rings. The molecule has 0 saturated heterocycles. The summed E-state index contributed by atoms with van der Waals surface area (Å²) in [4.78, 5) is 21.3. The van der Waals surface area contributed by atoms with Crippen molar-refractivity contribution in [2.24, 2.45) is 5.16 Å². The second-order valence-electron chi connectivity index (χ2n) is 4.74. The van der Waals surface area contributed by atoms with E-state index in [9.17, 15) is 4.79 Å². The van der Waals surface area contributed by atoms with Crippen LogP contribution in [-0.2, 0) is 4.84 Å². The molecule has 1 aromatic heterocycles. The molecule has 0 unspecified atom stereocenters. The molecular formula is C17H14N2O4. The van der Waals surface area contributed by atoms with E-state index < -0.39 is 5.97 Å². The van der Waals surface area contributed by atoms with Crippen LogP contribution in [0.15, 0.2) is 58.1 Å². The predicted octanol–water partition coefficient (Wildman–Crippen LogP) is 3.42. The number of fused-ring (bicyclic) bond motifs is 1. The molecule has 3 rings (SSSR count). The number of para-hydroxylation sites is 3. The van der Waals surface area contributed by atoms with Gasteiger partial charge in [0.05, 0.1) is 7.11 Å². The Morgan fingerprint density at radius 3 is 2.65 bits per heavy atom. The van der Waals surface area contributed by atoms with Crippen LogP contribution in [-0.4, -0.2) is 23.8 Å². The van der Waals surface area contributed by atoms with Gasteiger partial charge in [-0.3, -0.25) is 0 Å². The lowest BCUT2D eigenvalue weighted by Gasteiger charge is -2.04. The number of hydrogen-bond acceptors (Lipinski definition) is 6. The molecule has 2 aromatic carbocycles. The largest absolute Gasteiger partial charge is 0.496 e. The second kappa shape index (κ2) is 6.31. The Morgan fingerprint density at radius 2 is 1.87 bits per heavy atom. The summed E-state index contributed by atoms with van der Waals surface area (Å²) in [5.41, 5.74) is 2.02. The van der Waals surface area contributed by atoms with Crippen molar-refractivity contribution < 1.29 is 18.8 Å². The van der Waals surface area contributed by atoms with Crippen molar-refractivity contribution in [3.63, 3.8) is 0 Å². The van der Waals surface area contributed by atoms with Gasteiger partial charge in [-0.2, -0.15) is 0 Å². The topological polar surface area (TPSA) is 73.9 Å². The molecule has 23 heavy (non-hydrogen) atoms. The van der Waals surface area contributed by atoms with Gasteiger partial charge in [-0.15, -0.1) is 0 Å². The summed E-state index contributed by atoms with van der Waals surface area (Å²) < 4.78 is 10.7. The van der Waals surface area contributed by atoms with Crippen molar-refractivity contribution in [1.29, 1.82) is 0 Å². The van der Waals surface area contributed by atoms with Gasteiger partial charge in [-0.1, -0.05) is 29.4 Å². The minimum absolute atomic E-state index is 0.295. The fraction of sp³-hybridized carbons (Fsp3) is 0.118. The number of benzene rings is 2. The maximum Gasteiger partial charge on any atom is 0.369 e. The van der Waals surface area contributed by atoms with Crippen LogP contribution in [0, 0.1) is 0 Å². The maximum atomic E-state index is 12.1. The highest BCUT2D eigenvalue weighted by Crippen LogP contribution is 2.19. The zero-order valence-corrected chi connectivity index (χ0v) is 12.6. The Bertz CT molecular complexity index is 850. The Hall–Kier alpha value is -3.15. The Labute approximate surface area is 132 Å². The van der Waals surface area contributed by atoms with Crippen molar-refractivity contribution in [2.75, 3.05) is 7.11 Å². The van der Waals surface area contributed by atoms with Crippen molar-refractivity contribution in [1.82, 2.24) is 4.98 Å². The highest BCUT2D eigenvalue weighted by molar-refractivity contribution is 5.97. The van der Waals surface area contributed by atoms with E-state index >= 15 is 0 Å². The van der Waals surface area contributed by atoms with Crippen LogP contribution in [0.2, 0.25) is 0 Å². The molecule has 0 spiro atoms. The molecule has 0 radical (unpaired) electrons. The number of methoxy groups -OCH3 is 1. The van der Waals surface area contributed by atoms with E-state index in [0.29, 0.717) is 34.0 Å². The Kier molecular flexibility index (Phi) is 4.05. The molecule has 0 N–H and O–H groups in total. The first kappa shape index (κ1) is 14.8. The third-order valence-corrected chi connectivity index (χ3v) is 3.20. The first-order valence-electron chi connectivity index (χ1n) is 6.94. The van der Waals surface area contributed by atoms with Gasteiger partial charge in [-0.25, -0.2) is 9.78 Å². The quantitative estimate of drug-likeness (QED) is 0.419. The molecule has 1 heterocycles. The third kappa shape index (κ3) is 3.06. The number of ether oxygens (including phenoxy) is 1. The monoisotopic (exact) mass is 310 g/mol. The van der Waals surface area contributed by atoms with Crippen LogP contribution >= 0.6 is 0 Å². The first-order valence-corrected chi connectivity index (χ1v) is 6.94. The third-order valence-electron chi connectivity index (χ3n) is 3.20. The minimum atomic E-state index is -0.613. The van der Waals surface area contributed by atoms with Crippen molar-refractivity contribution in [3.8, 4) is 5.75 Å². The number of aromatic nitrogens is 1. The average molecular weight is 310 g/mol. The van der Waals surface area contributed by atoms with E-state index in [1.54, 1.807) is 37.3 Å². The number of oxazole rings is 1. The van der Waals surface area contributed by atoms with Gasteiger partial charge in [0.2, 0.25) is 5.89 Å². The van der Waals surface area contributed by atoms with Gasteiger partial charge in [0, 0.05) is 0 Å². The zero-order chi connectivity index (χ0) is 16.2. The van der Waals surface area contributed by atoms with Crippen LogP contribution in [0.1, 0.15) is 23.2 Å². The normalized spacial score (nSPS) is 11.5. The highest BCUT2D eigenvalue weighted by atomic mass is 16.7.